The molecular weight excluding hydrogens is 997 g/mol. The minimum absolute atomic E-state index is 0.0686. The molecule has 6 heteroatoms. The molecule has 0 radical (unpaired) electrons. The summed E-state index contributed by atoms with van der Waals surface area (Å²) in [4.78, 5) is 38.0. The predicted octanol–water partition coefficient (Wildman–Crippen LogP) is 24.9. The van der Waals surface area contributed by atoms with Crippen LogP contribution in [0.2, 0.25) is 0 Å². The van der Waals surface area contributed by atoms with Crippen molar-refractivity contribution < 1.29 is 28.6 Å². The number of esters is 3. The lowest BCUT2D eigenvalue weighted by molar-refractivity contribution is -0.167. The maximum atomic E-state index is 12.9. The molecule has 0 aromatic carbocycles. The van der Waals surface area contributed by atoms with E-state index in [1.807, 2.05) is 0 Å². The normalized spacial score (nSPS) is 12.3. The maximum absolute atomic E-state index is 12.9. The predicted molar refractivity (Wildman–Crippen MR) is 353 cm³/mol. The molecule has 0 aromatic heterocycles. The number of rotatable bonds is 67. The van der Waals surface area contributed by atoms with Crippen LogP contribution in [0, 0.1) is 0 Å². The zero-order valence-corrected chi connectivity index (χ0v) is 54.6. The molecule has 1 unspecified atom stereocenters. The Hall–Kier alpha value is -2.63. The minimum atomic E-state index is -0.768. The number of carbonyl (C=O) groups is 3. The lowest BCUT2D eigenvalue weighted by Gasteiger charge is -2.18. The molecular formula is C75H138O6. The summed E-state index contributed by atoms with van der Waals surface area (Å²) in [7, 11) is 0. The van der Waals surface area contributed by atoms with Gasteiger partial charge in [0.1, 0.15) is 13.2 Å². The van der Waals surface area contributed by atoms with Crippen molar-refractivity contribution in [2.75, 3.05) is 13.2 Å². The van der Waals surface area contributed by atoms with E-state index in [1.54, 1.807) is 0 Å². The highest BCUT2D eigenvalue weighted by molar-refractivity contribution is 5.71. The first-order chi connectivity index (χ1) is 40.0. The first-order valence-electron chi connectivity index (χ1n) is 36.1. The van der Waals surface area contributed by atoms with Crippen LogP contribution in [0.5, 0.6) is 0 Å². The van der Waals surface area contributed by atoms with Gasteiger partial charge in [0.05, 0.1) is 0 Å². The summed E-state index contributed by atoms with van der Waals surface area (Å²) in [5.74, 6) is -0.860. The Kier molecular flexibility index (Phi) is 67.6. The van der Waals surface area contributed by atoms with Gasteiger partial charge in [-0.25, -0.2) is 0 Å². The molecule has 1 atom stereocenters. The topological polar surface area (TPSA) is 78.9 Å². The van der Waals surface area contributed by atoms with E-state index in [9.17, 15) is 14.4 Å². The zero-order valence-electron chi connectivity index (χ0n) is 54.6. The Labute approximate surface area is 505 Å². The molecule has 0 spiro atoms. The first kappa shape index (κ1) is 78.4. The molecule has 0 fully saturated rings. The van der Waals surface area contributed by atoms with Crippen LogP contribution in [0.15, 0.2) is 48.6 Å². The third-order valence-corrected chi connectivity index (χ3v) is 16.3. The van der Waals surface area contributed by atoms with Crippen LogP contribution in [0.4, 0.5) is 0 Å². The third kappa shape index (κ3) is 68.0. The molecule has 0 aliphatic rings. The van der Waals surface area contributed by atoms with E-state index in [0.717, 1.165) is 77.0 Å². The maximum Gasteiger partial charge on any atom is 0.306 e. The number of hydrogen-bond acceptors (Lipinski definition) is 6. The van der Waals surface area contributed by atoms with Gasteiger partial charge in [-0.05, 0) is 83.5 Å². The Balaban J connectivity index is 3.90. The van der Waals surface area contributed by atoms with Crippen LogP contribution in [-0.4, -0.2) is 37.2 Å². The molecule has 0 saturated heterocycles. The van der Waals surface area contributed by atoms with Gasteiger partial charge in [0.25, 0.3) is 0 Å². The van der Waals surface area contributed by atoms with Crippen LogP contribution >= 0.6 is 0 Å². The third-order valence-electron chi connectivity index (χ3n) is 16.3. The summed E-state index contributed by atoms with van der Waals surface area (Å²) in [6.45, 7) is 6.60. The van der Waals surface area contributed by atoms with E-state index < -0.39 is 6.10 Å². The highest BCUT2D eigenvalue weighted by Gasteiger charge is 2.19. The molecule has 81 heavy (non-hydrogen) atoms. The fourth-order valence-corrected chi connectivity index (χ4v) is 10.9. The Morgan fingerprint density at radius 1 is 0.247 bits per heavy atom. The van der Waals surface area contributed by atoms with Crippen LogP contribution in [-0.2, 0) is 28.6 Å². The standard InChI is InChI=1S/C75H138O6/c1-4-7-10-13-15-17-19-21-23-25-27-29-31-33-34-35-36-37-38-39-40-42-43-45-47-49-51-53-55-57-59-62-65-68-74(77)80-71-72(70-79-73(76)67-64-61-12-9-6-3)81-75(78)69-66-63-60-58-56-54-52-50-48-46-44-41-32-30-28-26-24-22-20-18-16-14-11-8-5-2/h19-22,25-28,72H,4-18,23-24,29-71H2,1-3H3/b21-19-,22-20-,27-25-,28-26-. The monoisotopic (exact) mass is 1140 g/mol. The van der Waals surface area contributed by atoms with Crippen molar-refractivity contribution in [3.63, 3.8) is 0 Å². The van der Waals surface area contributed by atoms with Crippen LogP contribution in [0.1, 0.15) is 393 Å². The van der Waals surface area contributed by atoms with E-state index in [1.165, 1.54) is 276 Å². The molecule has 0 saturated carbocycles. The van der Waals surface area contributed by atoms with Crippen molar-refractivity contribution in [2.24, 2.45) is 0 Å². The second-order valence-electron chi connectivity index (χ2n) is 24.5. The number of unbranched alkanes of at least 4 members (excludes halogenated alkanes) is 48. The Morgan fingerprint density at radius 2 is 0.444 bits per heavy atom. The van der Waals surface area contributed by atoms with Gasteiger partial charge in [0.2, 0.25) is 0 Å². The molecule has 6 nitrogen and oxygen atoms in total. The highest BCUT2D eigenvalue weighted by atomic mass is 16.6. The van der Waals surface area contributed by atoms with Gasteiger partial charge in [-0.15, -0.1) is 0 Å². The van der Waals surface area contributed by atoms with Crippen molar-refractivity contribution in [3.05, 3.63) is 48.6 Å². The van der Waals surface area contributed by atoms with Gasteiger partial charge in [-0.2, -0.15) is 0 Å². The number of allylic oxidation sites excluding steroid dienone is 8. The van der Waals surface area contributed by atoms with E-state index in [-0.39, 0.29) is 31.1 Å². The number of carbonyl (C=O) groups excluding carboxylic acids is 3. The van der Waals surface area contributed by atoms with Crippen LogP contribution < -0.4 is 0 Å². The summed E-state index contributed by atoms with van der Waals surface area (Å²) in [6.07, 6.45) is 89.2. The molecule has 0 aromatic rings. The summed E-state index contributed by atoms with van der Waals surface area (Å²) >= 11 is 0. The van der Waals surface area contributed by atoms with Crippen LogP contribution in [0.25, 0.3) is 0 Å². The molecule has 0 rings (SSSR count). The average Bonchev–Trinajstić information content (AvgIpc) is 3.47. The highest BCUT2D eigenvalue weighted by Crippen LogP contribution is 2.18. The van der Waals surface area contributed by atoms with Gasteiger partial charge >= 0.3 is 17.9 Å². The minimum Gasteiger partial charge on any atom is -0.462 e. The van der Waals surface area contributed by atoms with Crippen molar-refractivity contribution in [1.82, 2.24) is 0 Å². The van der Waals surface area contributed by atoms with Crippen molar-refractivity contribution in [2.45, 2.75) is 399 Å². The molecule has 0 N–H and O–H groups in total. The molecule has 0 aliphatic heterocycles. The van der Waals surface area contributed by atoms with Gasteiger partial charge in [-0.3, -0.25) is 14.4 Å². The summed E-state index contributed by atoms with van der Waals surface area (Å²) in [6, 6.07) is 0. The lowest BCUT2D eigenvalue weighted by atomic mass is 10.0. The second kappa shape index (κ2) is 69.9. The Bertz CT molecular complexity index is 1400. The number of hydrogen-bond donors (Lipinski definition) is 0. The first-order valence-corrected chi connectivity index (χ1v) is 36.1. The van der Waals surface area contributed by atoms with E-state index in [0.29, 0.717) is 19.3 Å². The fourth-order valence-electron chi connectivity index (χ4n) is 10.9. The molecule has 0 bridgehead atoms. The van der Waals surface area contributed by atoms with Gasteiger partial charge < -0.3 is 14.2 Å². The van der Waals surface area contributed by atoms with Crippen molar-refractivity contribution >= 4 is 17.9 Å². The molecule has 0 amide bonds. The van der Waals surface area contributed by atoms with Crippen molar-refractivity contribution in [3.8, 4) is 0 Å². The van der Waals surface area contributed by atoms with Gasteiger partial charge in [0.15, 0.2) is 6.10 Å². The van der Waals surface area contributed by atoms with Crippen molar-refractivity contribution in [1.29, 1.82) is 0 Å². The lowest BCUT2D eigenvalue weighted by Crippen LogP contribution is -2.30. The quantitative estimate of drug-likeness (QED) is 0.0261. The summed E-state index contributed by atoms with van der Waals surface area (Å²) < 4.78 is 16.8. The molecule has 474 valence electrons. The zero-order chi connectivity index (χ0) is 58.5. The van der Waals surface area contributed by atoms with E-state index >= 15 is 0 Å². The van der Waals surface area contributed by atoms with Crippen LogP contribution in [0.3, 0.4) is 0 Å². The average molecular weight is 1140 g/mol. The molecule has 0 aliphatic carbocycles. The van der Waals surface area contributed by atoms with Gasteiger partial charge in [0, 0.05) is 19.3 Å². The van der Waals surface area contributed by atoms with E-state index in [4.69, 9.17) is 14.2 Å². The number of ether oxygens (including phenoxy) is 3. The van der Waals surface area contributed by atoms with E-state index in [2.05, 4.69) is 69.4 Å². The largest absolute Gasteiger partial charge is 0.462 e. The Morgan fingerprint density at radius 3 is 0.679 bits per heavy atom. The van der Waals surface area contributed by atoms with Gasteiger partial charge in [-0.1, -0.05) is 339 Å². The smallest absolute Gasteiger partial charge is 0.306 e. The summed E-state index contributed by atoms with van der Waals surface area (Å²) in [5, 5.41) is 0. The summed E-state index contributed by atoms with van der Waals surface area (Å²) in [5.41, 5.74) is 0. The SMILES string of the molecule is CCCCCCC/C=C\C/C=C\CCCCCCCCCCCCCCCCCCCCCCCC(=O)OCC(COC(=O)CCCCCCC)OC(=O)CCCCCCCCCCCCCCC/C=C\C/C=C\CCCCCCC. The second-order valence-corrected chi connectivity index (χ2v) is 24.5. The fraction of sp³-hybridized carbons (Fsp3) is 0.853. The molecule has 0 heterocycles.